The van der Waals surface area contributed by atoms with Gasteiger partial charge >= 0.3 is 6.03 Å². The minimum Gasteiger partial charge on any atom is -0.340 e. The SMILES string of the molecule is CCc1ccccc1NC(=O)N1C[C@H]2CC[C@@H]1CN(C(=O)C1CCC1)C2. The van der Waals surface area contributed by atoms with E-state index in [-0.39, 0.29) is 18.0 Å². The number of benzene rings is 1. The van der Waals surface area contributed by atoms with E-state index in [4.69, 9.17) is 0 Å². The van der Waals surface area contributed by atoms with Crippen molar-refractivity contribution >= 4 is 17.6 Å². The molecule has 1 aliphatic carbocycles. The lowest BCUT2D eigenvalue weighted by Gasteiger charge is -2.36. The molecular formula is C21H29N3O2. The lowest BCUT2D eigenvalue weighted by atomic mass is 9.84. The second kappa shape index (κ2) is 7.29. The maximum Gasteiger partial charge on any atom is 0.322 e. The molecule has 4 fully saturated rings. The molecule has 2 bridgehead atoms. The van der Waals surface area contributed by atoms with Gasteiger partial charge in [-0.2, -0.15) is 0 Å². The summed E-state index contributed by atoms with van der Waals surface area (Å²) in [6.45, 7) is 4.39. The Morgan fingerprint density at radius 2 is 1.88 bits per heavy atom. The number of nitrogens with zero attached hydrogens (tertiary/aromatic N) is 2. The number of urea groups is 1. The highest BCUT2D eigenvalue weighted by atomic mass is 16.2. The number of rotatable bonds is 3. The molecule has 3 amide bonds. The highest BCUT2D eigenvalue weighted by Gasteiger charge is 2.40. The number of fused-ring (bicyclic) bond motifs is 4. The first-order chi connectivity index (χ1) is 12.7. The first-order valence-corrected chi connectivity index (χ1v) is 10.1. The monoisotopic (exact) mass is 355 g/mol. The van der Waals surface area contributed by atoms with E-state index in [9.17, 15) is 9.59 Å². The topological polar surface area (TPSA) is 52.7 Å². The van der Waals surface area contributed by atoms with Crippen LogP contribution in [0.15, 0.2) is 24.3 Å². The van der Waals surface area contributed by atoms with E-state index in [1.807, 2.05) is 23.1 Å². The van der Waals surface area contributed by atoms with E-state index in [1.165, 1.54) is 6.42 Å². The van der Waals surface area contributed by atoms with E-state index in [0.29, 0.717) is 18.4 Å². The van der Waals surface area contributed by atoms with Crippen LogP contribution in [0, 0.1) is 11.8 Å². The average molecular weight is 355 g/mol. The molecule has 0 unspecified atom stereocenters. The number of amides is 3. The van der Waals surface area contributed by atoms with Gasteiger partial charge in [0.15, 0.2) is 0 Å². The third kappa shape index (κ3) is 3.31. The number of carbonyl (C=O) groups is 2. The van der Waals surface area contributed by atoms with Crippen LogP contribution in [0.5, 0.6) is 0 Å². The summed E-state index contributed by atoms with van der Waals surface area (Å²) in [5, 5.41) is 3.12. The predicted molar refractivity (Wildman–Crippen MR) is 102 cm³/mol. The zero-order valence-electron chi connectivity index (χ0n) is 15.6. The lowest BCUT2D eigenvalue weighted by molar-refractivity contribution is -0.138. The highest BCUT2D eigenvalue weighted by Crippen LogP contribution is 2.33. The zero-order chi connectivity index (χ0) is 18.1. The van der Waals surface area contributed by atoms with Gasteiger partial charge in [0.05, 0.1) is 6.04 Å². The largest absolute Gasteiger partial charge is 0.340 e. The third-order valence-corrected chi connectivity index (χ3v) is 6.38. The van der Waals surface area contributed by atoms with Crippen LogP contribution in [-0.2, 0) is 11.2 Å². The number of anilines is 1. The van der Waals surface area contributed by atoms with Gasteiger partial charge in [0.2, 0.25) is 5.91 Å². The predicted octanol–water partition coefficient (Wildman–Crippen LogP) is 3.50. The zero-order valence-corrected chi connectivity index (χ0v) is 15.6. The van der Waals surface area contributed by atoms with Gasteiger partial charge in [-0.3, -0.25) is 4.79 Å². The molecule has 26 heavy (non-hydrogen) atoms. The van der Waals surface area contributed by atoms with Gasteiger partial charge in [-0.1, -0.05) is 31.5 Å². The standard InChI is InChI=1S/C21H29N3O2/c1-2-16-6-3-4-9-19(16)22-21(26)24-13-15-10-11-18(24)14-23(12-15)20(25)17-7-5-8-17/h3-4,6,9,15,17-18H,2,5,7-8,10-14H2,1H3,(H,22,26)/t15-,18+/m0/s1. The Labute approximate surface area is 155 Å². The van der Waals surface area contributed by atoms with Crippen molar-refractivity contribution in [3.8, 4) is 0 Å². The van der Waals surface area contributed by atoms with Crippen molar-refractivity contribution < 1.29 is 9.59 Å². The molecule has 1 N–H and O–H groups in total. The summed E-state index contributed by atoms with van der Waals surface area (Å²) in [4.78, 5) is 29.7. The fraction of sp³-hybridized carbons (Fsp3) is 0.619. The fourth-order valence-corrected chi connectivity index (χ4v) is 4.56. The average Bonchev–Trinajstić information content (AvgIpc) is 2.92. The molecule has 5 rings (SSSR count). The molecule has 3 heterocycles. The van der Waals surface area contributed by atoms with Gasteiger partial charge < -0.3 is 15.1 Å². The van der Waals surface area contributed by atoms with Crippen molar-refractivity contribution in [3.05, 3.63) is 29.8 Å². The summed E-state index contributed by atoms with van der Waals surface area (Å²) < 4.78 is 0. The Balaban J connectivity index is 1.46. The van der Waals surface area contributed by atoms with Gasteiger partial charge in [0.1, 0.15) is 0 Å². The molecule has 5 heteroatoms. The smallest absolute Gasteiger partial charge is 0.322 e. The Kier molecular flexibility index (Phi) is 4.88. The minimum atomic E-state index is -0.0152. The first-order valence-electron chi connectivity index (χ1n) is 10.1. The Bertz CT molecular complexity index is 686. The lowest BCUT2D eigenvalue weighted by Crippen LogP contribution is -2.50. The van der Waals surface area contributed by atoms with Crippen LogP contribution in [0.1, 0.15) is 44.6 Å². The molecule has 2 atom stereocenters. The number of carbonyl (C=O) groups excluding carboxylic acids is 2. The van der Waals surface area contributed by atoms with E-state index in [0.717, 1.165) is 56.4 Å². The summed E-state index contributed by atoms with van der Waals surface area (Å²) in [6.07, 6.45) is 6.29. The third-order valence-electron chi connectivity index (χ3n) is 6.38. The van der Waals surface area contributed by atoms with Crippen molar-refractivity contribution in [2.24, 2.45) is 11.8 Å². The minimum absolute atomic E-state index is 0.0152. The van der Waals surface area contributed by atoms with Gasteiger partial charge in [-0.15, -0.1) is 0 Å². The molecular weight excluding hydrogens is 326 g/mol. The summed E-state index contributed by atoms with van der Waals surface area (Å²) in [5.41, 5.74) is 2.06. The van der Waals surface area contributed by atoms with E-state index < -0.39 is 0 Å². The van der Waals surface area contributed by atoms with Crippen LogP contribution in [0.25, 0.3) is 0 Å². The maximum atomic E-state index is 13.0. The molecule has 0 spiro atoms. The van der Waals surface area contributed by atoms with E-state index in [1.54, 1.807) is 0 Å². The van der Waals surface area contributed by atoms with Crippen LogP contribution in [-0.4, -0.2) is 47.4 Å². The normalized spacial score (nSPS) is 25.6. The summed E-state index contributed by atoms with van der Waals surface area (Å²) >= 11 is 0. The van der Waals surface area contributed by atoms with Crippen LogP contribution in [0.2, 0.25) is 0 Å². The number of aryl methyl sites for hydroxylation is 1. The first kappa shape index (κ1) is 17.4. The van der Waals surface area contributed by atoms with Gasteiger partial charge in [0, 0.05) is 31.2 Å². The molecule has 3 saturated heterocycles. The summed E-state index contributed by atoms with van der Waals surface area (Å²) in [5.74, 6) is 0.975. The molecule has 0 radical (unpaired) electrons. The molecule has 0 aromatic heterocycles. The number of hydrogen-bond acceptors (Lipinski definition) is 2. The van der Waals surface area contributed by atoms with Gasteiger partial charge in [-0.05, 0) is 49.7 Å². The number of hydrogen-bond donors (Lipinski definition) is 1. The molecule has 5 nitrogen and oxygen atoms in total. The second-order valence-corrected chi connectivity index (χ2v) is 8.06. The van der Waals surface area contributed by atoms with Crippen LogP contribution in [0.4, 0.5) is 10.5 Å². The Morgan fingerprint density at radius 3 is 2.62 bits per heavy atom. The summed E-state index contributed by atoms with van der Waals surface area (Å²) in [7, 11) is 0. The number of nitrogens with one attached hydrogen (secondary N) is 1. The van der Waals surface area contributed by atoms with Crippen molar-refractivity contribution in [2.75, 3.05) is 25.0 Å². The second-order valence-electron chi connectivity index (χ2n) is 8.06. The maximum absolute atomic E-state index is 13.0. The Morgan fingerprint density at radius 1 is 1.08 bits per heavy atom. The molecule has 140 valence electrons. The Hall–Kier alpha value is -2.04. The van der Waals surface area contributed by atoms with Crippen molar-refractivity contribution in [1.82, 2.24) is 9.80 Å². The van der Waals surface area contributed by atoms with Crippen molar-refractivity contribution in [1.29, 1.82) is 0 Å². The van der Waals surface area contributed by atoms with Crippen LogP contribution in [0.3, 0.4) is 0 Å². The molecule has 1 aromatic carbocycles. The fourth-order valence-electron chi connectivity index (χ4n) is 4.56. The van der Waals surface area contributed by atoms with Crippen molar-refractivity contribution in [2.45, 2.75) is 51.5 Å². The van der Waals surface area contributed by atoms with E-state index >= 15 is 0 Å². The molecule has 1 aromatic rings. The van der Waals surface area contributed by atoms with Crippen LogP contribution >= 0.6 is 0 Å². The quantitative estimate of drug-likeness (QED) is 0.902. The van der Waals surface area contributed by atoms with E-state index in [2.05, 4.69) is 23.2 Å². The molecule has 3 aliphatic heterocycles. The van der Waals surface area contributed by atoms with Gasteiger partial charge in [0.25, 0.3) is 0 Å². The molecule has 4 aliphatic rings. The van der Waals surface area contributed by atoms with Gasteiger partial charge in [-0.25, -0.2) is 4.79 Å². The highest BCUT2D eigenvalue weighted by molar-refractivity contribution is 5.90. The van der Waals surface area contributed by atoms with Crippen LogP contribution < -0.4 is 5.32 Å². The number of piperidine rings is 1. The molecule has 1 saturated carbocycles. The number of para-hydroxylation sites is 1. The summed E-state index contributed by atoms with van der Waals surface area (Å²) in [6, 6.07) is 8.13. The van der Waals surface area contributed by atoms with Crippen molar-refractivity contribution in [3.63, 3.8) is 0 Å².